The average molecular weight is 417 g/mol. The van der Waals surface area contributed by atoms with Crippen molar-refractivity contribution in [2.45, 2.75) is 38.1 Å². The van der Waals surface area contributed by atoms with Gasteiger partial charge in [-0.1, -0.05) is 32.4 Å². The molecule has 1 aromatic rings. The van der Waals surface area contributed by atoms with Crippen LogP contribution >= 0.6 is 38.2 Å². The molecule has 0 spiro atoms. The van der Waals surface area contributed by atoms with E-state index < -0.39 is 9.05 Å². The van der Waals surface area contributed by atoms with E-state index in [1.165, 1.54) is 12.1 Å². The molecule has 0 saturated carbocycles. The fourth-order valence-electron chi connectivity index (χ4n) is 1.86. The predicted octanol–water partition coefficient (Wildman–Crippen LogP) is 4.19. The standard InChI is InChI=1S/C13H16BrCl2NO3S/c1-4-10(7(2)3)17-13(18)8-5-9(15)12(14)11(6-8)21(16,19)20/h5-7,10H,4H2,1-3H3,(H,17,18). The molecule has 21 heavy (non-hydrogen) atoms. The van der Waals surface area contributed by atoms with Crippen molar-refractivity contribution in [2.75, 3.05) is 0 Å². The molecule has 1 amide bonds. The van der Waals surface area contributed by atoms with Gasteiger partial charge < -0.3 is 5.32 Å². The van der Waals surface area contributed by atoms with Crippen LogP contribution in [-0.2, 0) is 9.05 Å². The van der Waals surface area contributed by atoms with E-state index in [0.717, 1.165) is 6.42 Å². The molecule has 1 unspecified atom stereocenters. The molecule has 0 heterocycles. The molecule has 118 valence electrons. The Morgan fingerprint density at radius 2 is 1.95 bits per heavy atom. The van der Waals surface area contributed by atoms with Crippen LogP contribution in [0.25, 0.3) is 0 Å². The summed E-state index contributed by atoms with van der Waals surface area (Å²) >= 11 is 9.01. The summed E-state index contributed by atoms with van der Waals surface area (Å²) in [5, 5.41) is 2.97. The normalized spacial score (nSPS) is 13.3. The number of carbonyl (C=O) groups is 1. The summed E-state index contributed by atoms with van der Waals surface area (Å²) in [5.41, 5.74) is 0.154. The van der Waals surface area contributed by atoms with Crippen molar-refractivity contribution in [3.05, 3.63) is 27.2 Å². The lowest BCUT2D eigenvalue weighted by molar-refractivity contribution is 0.0924. The van der Waals surface area contributed by atoms with E-state index in [1.54, 1.807) is 0 Å². The van der Waals surface area contributed by atoms with Crippen LogP contribution in [-0.4, -0.2) is 20.4 Å². The molecule has 0 aromatic heterocycles. The lowest BCUT2D eigenvalue weighted by atomic mass is 10.0. The molecular formula is C13H16BrCl2NO3S. The molecule has 0 aliphatic carbocycles. The minimum atomic E-state index is -4.00. The third kappa shape index (κ3) is 4.84. The minimum absolute atomic E-state index is 0.00372. The Balaban J connectivity index is 3.20. The Labute approximate surface area is 142 Å². The SMILES string of the molecule is CCC(NC(=O)c1cc(Cl)c(Br)c(S(=O)(=O)Cl)c1)C(C)C. The zero-order valence-electron chi connectivity index (χ0n) is 11.8. The van der Waals surface area contributed by atoms with Crippen LogP contribution in [0.1, 0.15) is 37.6 Å². The molecule has 0 saturated heterocycles. The minimum Gasteiger partial charge on any atom is -0.349 e. The molecule has 4 nitrogen and oxygen atoms in total. The van der Waals surface area contributed by atoms with Gasteiger partial charge in [0, 0.05) is 22.3 Å². The van der Waals surface area contributed by atoms with Gasteiger partial charge in [-0.2, -0.15) is 0 Å². The van der Waals surface area contributed by atoms with Crippen LogP contribution in [0.3, 0.4) is 0 Å². The smallest absolute Gasteiger partial charge is 0.262 e. The number of hydrogen-bond donors (Lipinski definition) is 1. The Kier molecular flexibility index (Phi) is 6.53. The molecule has 0 aliphatic rings. The molecule has 1 N–H and O–H groups in total. The van der Waals surface area contributed by atoms with Crippen molar-refractivity contribution in [3.63, 3.8) is 0 Å². The van der Waals surface area contributed by atoms with Gasteiger partial charge in [0.15, 0.2) is 0 Å². The number of rotatable bonds is 5. The van der Waals surface area contributed by atoms with Crippen LogP contribution in [0, 0.1) is 5.92 Å². The highest BCUT2D eigenvalue weighted by atomic mass is 79.9. The molecule has 0 bridgehead atoms. The molecule has 1 atom stereocenters. The molecule has 0 fully saturated rings. The number of nitrogens with one attached hydrogen (secondary N) is 1. The number of amides is 1. The van der Waals surface area contributed by atoms with Crippen LogP contribution in [0.15, 0.2) is 21.5 Å². The molecule has 0 aliphatic heterocycles. The largest absolute Gasteiger partial charge is 0.349 e. The fraction of sp³-hybridized carbons (Fsp3) is 0.462. The second-order valence-corrected chi connectivity index (χ2v) is 8.67. The maximum atomic E-state index is 12.2. The van der Waals surface area contributed by atoms with Gasteiger partial charge in [-0.05, 0) is 40.4 Å². The van der Waals surface area contributed by atoms with Crippen molar-refractivity contribution in [2.24, 2.45) is 5.92 Å². The van der Waals surface area contributed by atoms with Crippen LogP contribution in [0.5, 0.6) is 0 Å². The topological polar surface area (TPSA) is 63.2 Å². The van der Waals surface area contributed by atoms with Gasteiger partial charge in [-0.3, -0.25) is 4.79 Å². The quantitative estimate of drug-likeness (QED) is 0.731. The van der Waals surface area contributed by atoms with Gasteiger partial charge in [0.1, 0.15) is 0 Å². The fourth-order valence-corrected chi connectivity index (χ4v) is 4.24. The summed E-state index contributed by atoms with van der Waals surface area (Å²) in [6, 6.07) is 2.61. The van der Waals surface area contributed by atoms with Gasteiger partial charge in [-0.25, -0.2) is 8.42 Å². The summed E-state index contributed by atoms with van der Waals surface area (Å²) in [6.07, 6.45) is 0.772. The van der Waals surface area contributed by atoms with Crippen LogP contribution in [0.4, 0.5) is 0 Å². The van der Waals surface area contributed by atoms with Crippen LogP contribution in [0.2, 0.25) is 5.02 Å². The molecular weight excluding hydrogens is 401 g/mol. The van der Waals surface area contributed by atoms with E-state index in [-0.39, 0.29) is 37.8 Å². The van der Waals surface area contributed by atoms with Crippen molar-refractivity contribution in [1.82, 2.24) is 5.32 Å². The van der Waals surface area contributed by atoms with Gasteiger partial charge in [0.25, 0.3) is 15.0 Å². The Morgan fingerprint density at radius 1 is 1.38 bits per heavy atom. The highest BCUT2D eigenvalue weighted by molar-refractivity contribution is 9.10. The Bertz CT molecular complexity index is 647. The third-order valence-corrected chi connectivity index (χ3v) is 6.07. The predicted molar refractivity (Wildman–Crippen MR) is 88.6 cm³/mol. The van der Waals surface area contributed by atoms with Crippen molar-refractivity contribution in [3.8, 4) is 0 Å². The second-order valence-electron chi connectivity index (χ2n) is 4.94. The lowest BCUT2D eigenvalue weighted by Gasteiger charge is -2.21. The van der Waals surface area contributed by atoms with E-state index in [0.29, 0.717) is 0 Å². The number of carbonyl (C=O) groups excluding carboxylic acids is 1. The van der Waals surface area contributed by atoms with E-state index in [1.807, 2.05) is 20.8 Å². The summed E-state index contributed by atoms with van der Waals surface area (Å²) in [5.74, 6) is -0.118. The van der Waals surface area contributed by atoms with E-state index >= 15 is 0 Å². The van der Waals surface area contributed by atoms with Crippen LogP contribution < -0.4 is 5.32 Å². The van der Waals surface area contributed by atoms with E-state index in [4.69, 9.17) is 22.3 Å². The zero-order chi connectivity index (χ0) is 16.4. The van der Waals surface area contributed by atoms with Gasteiger partial charge in [0.05, 0.1) is 14.4 Å². The van der Waals surface area contributed by atoms with Crippen molar-refractivity contribution >= 4 is 53.2 Å². The van der Waals surface area contributed by atoms with Gasteiger partial charge >= 0.3 is 0 Å². The summed E-state index contributed by atoms with van der Waals surface area (Å²) < 4.78 is 23.2. The second kappa shape index (κ2) is 7.31. The number of hydrogen-bond acceptors (Lipinski definition) is 3. The third-order valence-electron chi connectivity index (χ3n) is 3.08. The molecule has 0 radical (unpaired) electrons. The monoisotopic (exact) mass is 415 g/mol. The van der Waals surface area contributed by atoms with Gasteiger partial charge in [-0.15, -0.1) is 0 Å². The van der Waals surface area contributed by atoms with Crippen molar-refractivity contribution < 1.29 is 13.2 Å². The lowest BCUT2D eigenvalue weighted by Crippen LogP contribution is -2.38. The first-order valence-corrected chi connectivity index (χ1v) is 9.80. The Hall–Kier alpha value is -0.300. The molecule has 1 rings (SSSR count). The number of benzene rings is 1. The Morgan fingerprint density at radius 3 is 2.38 bits per heavy atom. The van der Waals surface area contributed by atoms with E-state index in [2.05, 4.69) is 21.2 Å². The first-order valence-electron chi connectivity index (χ1n) is 6.32. The highest BCUT2D eigenvalue weighted by Crippen LogP contribution is 2.33. The molecule has 8 heteroatoms. The first-order chi connectivity index (χ1) is 9.57. The van der Waals surface area contributed by atoms with E-state index in [9.17, 15) is 13.2 Å². The summed E-state index contributed by atoms with van der Waals surface area (Å²) in [7, 11) is 1.35. The summed E-state index contributed by atoms with van der Waals surface area (Å²) in [6.45, 7) is 5.96. The zero-order valence-corrected chi connectivity index (χ0v) is 15.7. The first kappa shape index (κ1) is 18.7. The maximum Gasteiger partial charge on any atom is 0.262 e. The highest BCUT2D eigenvalue weighted by Gasteiger charge is 2.22. The number of halogens is 3. The maximum absolute atomic E-state index is 12.2. The average Bonchev–Trinajstić information content (AvgIpc) is 2.36. The van der Waals surface area contributed by atoms with Gasteiger partial charge in [0.2, 0.25) is 0 Å². The molecule has 1 aromatic carbocycles. The summed E-state index contributed by atoms with van der Waals surface area (Å²) in [4.78, 5) is 12.0. The van der Waals surface area contributed by atoms with Crippen molar-refractivity contribution in [1.29, 1.82) is 0 Å².